The van der Waals surface area contributed by atoms with E-state index >= 15 is 0 Å². The van der Waals surface area contributed by atoms with E-state index < -0.39 is 6.04 Å². The van der Waals surface area contributed by atoms with Gasteiger partial charge in [0.15, 0.2) is 0 Å². The number of carbonyl (C=O) groups is 3. The zero-order valence-electron chi connectivity index (χ0n) is 17.6. The predicted molar refractivity (Wildman–Crippen MR) is 119 cm³/mol. The van der Waals surface area contributed by atoms with Crippen LogP contribution in [0.2, 0.25) is 0 Å². The standard InChI is InChI=1S/C23H32N4O3/c1-2-12-25-23(30)26-14-7-3-6-13-24-22(29)21(27-17-28)16-18-10-11-19-8-4-5-9-20(19)15-18/h4-5,8-11,15,17,21H,2-3,6-7,12-14,16H2,1H3,(H,24,29)(H,27,28)(H2,25,26,30). The molecule has 2 aromatic carbocycles. The van der Waals surface area contributed by atoms with Gasteiger partial charge in [-0.3, -0.25) is 9.59 Å². The van der Waals surface area contributed by atoms with Gasteiger partial charge in [-0.1, -0.05) is 49.4 Å². The highest BCUT2D eigenvalue weighted by atomic mass is 16.2. The van der Waals surface area contributed by atoms with Gasteiger partial charge >= 0.3 is 6.03 Å². The Balaban J connectivity index is 1.70. The fourth-order valence-corrected chi connectivity index (χ4v) is 3.18. The number of fused-ring (bicyclic) bond motifs is 1. The van der Waals surface area contributed by atoms with Crippen LogP contribution in [0.4, 0.5) is 4.79 Å². The lowest BCUT2D eigenvalue weighted by Crippen LogP contribution is -2.45. The third-order valence-electron chi connectivity index (χ3n) is 4.81. The smallest absolute Gasteiger partial charge is 0.314 e. The van der Waals surface area contributed by atoms with Crippen LogP contribution < -0.4 is 21.3 Å². The molecule has 0 spiro atoms. The lowest BCUT2D eigenvalue weighted by molar-refractivity contribution is -0.125. The van der Waals surface area contributed by atoms with Crippen molar-refractivity contribution in [2.45, 2.75) is 45.1 Å². The van der Waals surface area contributed by atoms with Crippen molar-refractivity contribution in [1.29, 1.82) is 0 Å². The van der Waals surface area contributed by atoms with Gasteiger partial charge in [-0.15, -0.1) is 0 Å². The summed E-state index contributed by atoms with van der Waals surface area (Å²) in [6.45, 7) is 3.83. The van der Waals surface area contributed by atoms with Crippen LogP contribution >= 0.6 is 0 Å². The monoisotopic (exact) mass is 412 g/mol. The Morgan fingerprint density at radius 1 is 0.900 bits per heavy atom. The summed E-state index contributed by atoms with van der Waals surface area (Å²) >= 11 is 0. The lowest BCUT2D eigenvalue weighted by Gasteiger charge is -2.16. The van der Waals surface area contributed by atoms with E-state index in [2.05, 4.69) is 21.3 Å². The van der Waals surface area contributed by atoms with Crippen molar-refractivity contribution in [2.24, 2.45) is 0 Å². The molecule has 0 aliphatic rings. The second kappa shape index (κ2) is 13.2. The van der Waals surface area contributed by atoms with E-state index in [1.54, 1.807) is 0 Å². The molecule has 4 amide bonds. The Morgan fingerprint density at radius 3 is 2.33 bits per heavy atom. The molecule has 7 heteroatoms. The van der Waals surface area contributed by atoms with Crippen LogP contribution in [-0.2, 0) is 16.0 Å². The Bertz CT molecular complexity index is 825. The first kappa shape index (κ1) is 23.2. The summed E-state index contributed by atoms with van der Waals surface area (Å²) in [5, 5.41) is 13.3. The molecule has 162 valence electrons. The summed E-state index contributed by atoms with van der Waals surface area (Å²) < 4.78 is 0. The summed E-state index contributed by atoms with van der Waals surface area (Å²) in [6, 6.07) is 13.4. The van der Waals surface area contributed by atoms with Crippen LogP contribution in [0.1, 0.15) is 38.2 Å². The number of urea groups is 1. The molecule has 0 aliphatic heterocycles. The van der Waals surface area contributed by atoms with E-state index in [9.17, 15) is 14.4 Å². The molecule has 0 saturated heterocycles. The van der Waals surface area contributed by atoms with Crippen LogP contribution in [0.15, 0.2) is 42.5 Å². The van der Waals surface area contributed by atoms with E-state index in [1.807, 2.05) is 49.4 Å². The number of hydrogen-bond donors (Lipinski definition) is 4. The molecule has 0 saturated carbocycles. The quantitative estimate of drug-likeness (QED) is 0.300. The normalized spacial score (nSPS) is 11.5. The second-order valence-corrected chi connectivity index (χ2v) is 7.26. The summed E-state index contributed by atoms with van der Waals surface area (Å²) in [5.74, 6) is -0.188. The van der Waals surface area contributed by atoms with Crippen LogP contribution in [-0.4, -0.2) is 44.0 Å². The molecular formula is C23H32N4O3. The van der Waals surface area contributed by atoms with Crippen molar-refractivity contribution >= 4 is 29.1 Å². The predicted octanol–water partition coefficient (Wildman–Crippen LogP) is 2.49. The Hall–Kier alpha value is -3.09. The van der Waals surface area contributed by atoms with Crippen molar-refractivity contribution in [3.63, 3.8) is 0 Å². The first-order valence-electron chi connectivity index (χ1n) is 10.6. The van der Waals surface area contributed by atoms with Crippen molar-refractivity contribution in [1.82, 2.24) is 21.3 Å². The fraction of sp³-hybridized carbons (Fsp3) is 0.435. The van der Waals surface area contributed by atoms with E-state index in [4.69, 9.17) is 0 Å². The molecule has 0 bridgehead atoms. The van der Waals surface area contributed by atoms with Crippen molar-refractivity contribution in [3.05, 3.63) is 48.0 Å². The molecule has 0 aromatic heterocycles. The average Bonchev–Trinajstić information content (AvgIpc) is 2.76. The van der Waals surface area contributed by atoms with Gasteiger partial charge in [0.1, 0.15) is 6.04 Å². The minimum Gasteiger partial charge on any atom is -0.354 e. The SMILES string of the molecule is CCCNC(=O)NCCCCCNC(=O)C(Cc1ccc2ccccc2c1)NC=O. The van der Waals surface area contributed by atoms with Crippen molar-refractivity contribution in [3.8, 4) is 0 Å². The summed E-state index contributed by atoms with van der Waals surface area (Å²) in [6.07, 6.45) is 4.47. The summed E-state index contributed by atoms with van der Waals surface area (Å²) in [4.78, 5) is 34.9. The van der Waals surface area contributed by atoms with Gasteiger partial charge in [0.05, 0.1) is 0 Å². The van der Waals surface area contributed by atoms with Crippen LogP contribution in [0.5, 0.6) is 0 Å². The number of hydrogen-bond acceptors (Lipinski definition) is 3. The molecule has 2 rings (SSSR count). The molecule has 0 aliphatic carbocycles. The molecule has 0 fully saturated rings. The van der Waals surface area contributed by atoms with Crippen molar-refractivity contribution < 1.29 is 14.4 Å². The molecule has 2 aromatic rings. The topological polar surface area (TPSA) is 99.3 Å². The average molecular weight is 413 g/mol. The molecule has 1 atom stereocenters. The lowest BCUT2D eigenvalue weighted by atomic mass is 10.0. The largest absolute Gasteiger partial charge is 0.354 e. The van der Waals surface area contributed by atoms with Gasteiger partial charge in [-0.2, -0.15) is 0 Å². The molecule has 7 nitrogen and oxygen atoms in total. The van der Waals surface area contributed by atoms with Crippen LogP contribution in [0.25, 0.3) is 10.8 Å². The zero-order valence-corrected chi connectivity index (χ0v) is 17.6. The number of carbonyl (C=O) groups excluding carboxylic acids is 3. The number of nitrogens with one attached hydrogen (secondary N) is 4. The molecule has 0 heterocycles. The summed E-state index contributed by atoms with van der Waals surface area (Å²) in [5.41, 5.74) is 0.996. The third kappa shape index (κ3) is 8.11. The maximum absolute atomic E-state index is 12.5. The highest BCUT2D eigenvalue weighted by Crippen LogP contribution is 2.16. The van der Waals surface area contributed by atoms with Gasteiger partial charge in [-0.25, -0.2) is 4.79 Å². The highest BCUT2D eigenvalue weighted by Gasteiger charge is 2.17. The molecule has 0 radical (unpaired) electrons. The molecule has 30 heavy (non-hydrogen) atoms. The van der Waals surface area contributed by atoms with E-state index in [0.29, 0.717) is 32.5 Å². The zero-order chi connectivity index (χ0) is 21.6. The molecule has 4 N–H and O–H groups in total. The van der Waals surface area contributed by atoms with Crippen molar-refractivity contribution in [2.75, 3.05) is 19.6 Å². The first-order chi connectivity index (χ1) is 14.6. The minimum atomic E-state index is -0.604. The third-order valence-corrected chi connectivity index (χ3v) is 4.81. The van der Waals surface area contributed by atoms with Gasteiger partial charge in [0.2, 0.25) is 12.3 Å². The van der Waals surface area contributed by atoms with Crippen LogP contribution in [0, 0.1) is 0 Å². The van der Waals surface area contributed by atoms with E-state index in [-0.39, 0.29) is 11.9 Å². The number of rotatable bonds is 13. The van der Waals surface area contributed by atoms with E-state index in [1.165, 1.54) is 0 Å². The molecule has 1 unspecified atom stereocenters. The minimum absolute atomic E-state index is 0.137. The van der Waals surface area contributed by atoms with Gasteiger partial charge in [0, 0.05) is 26.1 Å². The second-order valence-electron chi connectivity index (χ2n) is 7.26. The fourth-order valence-electron chi connectivity index (χ4n) is 3.18. The van der Waals surface area contributed by atoms with Crippen LogP contribution in [0.3, 0.4) is 0 Å². The maximum atomic E-state index is 12.5. The Morgan fingerprint density at radius 2 is 1.60 bits per heavy atom. The van der Waals surface area contributed by atoms with Gasteiger partial charge in [-0.05, 0) is 42.0 Å². The summed E-state index contributed by atoms with van der Waals surface area (Å²) in [7, 11) is 0. The number of unbranched alkanes of at least 4 members (excludes halogenated alkanes) is 2. The van der Waals surface area contributed by atoms with Gasteiger partial charge in [0.25, 0.3) is 0 Å². The van der Waals surface area contributed by atoms with Gasteiger partial charge < -0.3 is 21.3 Å². The molecular weight excluding hydrogens is 380 g/mol. The maximum Gasteiger partial charge on any atom is 0.314 e. The number of benzene rings is 2. The Kier molecular flexibility index (Phi) is 10.2. The first-order valence-corrected chi connectivity index (χ1v) is 10.6. The highest BCUT2D eigenvalue weighted by molar-refractivity contribution is 5.85. The number of amides is 4. The Labute approximate surface area is 178 Å². The van der Waals surface area contributed by atoms with E-state index in [0.717, 1.165) is 42.0 Å².